The minimum Gasteiger partial charge on any atom is -0.435 e. The van der Waals surface area contributed by atoms with Crippen LogP contribution < -0.4 is 5.73 Å². The summed E-state index contributed by atoms with van der Waals surface area (Å²) in [6.45, 7) is 3.30. The second kappa shape index (κ2) is 9.32. The van der Waals surface area contributed by atoms with Crippen molar-refractivity contribution < 1.29 is 14.3 Å². The first-order valence-electron chi connectivity index (χ1n) is 4.81. The second-order valence-corrected chi connectivity index (χ2v) is 2.73. The Morgan fingerprint density at radius 2 is 1.85 bits per heavy atom. The van der Waals surface area contributed by atoms with Crippen molar-refractivity contribution in [3.63, 3.8) is 0 Å². The zero-order valence-corrected chi connectivity index (χ0v) is 8.25. The van der Waals surface area contributed by atoms with Gasteiger partial charge < -0.3 is 15.2 Å². The van der Waals surface area contributed by atoms with Crippen molar-refractivity contribution in [1.29, 1.82) is 0 Å². The third-order valence-electron chi connectivity index (χ3n) is 1.58. The Morgan fingerprint density at radius 1 is 1.15 bits per heavy atom. The van der Waals surface area contributed by atoms with E-state index in [1.54, 1.807) is 6.92 Å². The molecule has 0 aromatic carbocycles. The predicted octanol–water partition coefficient (Wildman–Crippen LogP) is 1.68. The van der Waals surface area contributed by atoms with Crippen molar-refractivity contribution in [1.82, 2.24) is 0 Å². The Kier molecular flexibility index (Phi) is 8.77. The first kappa shape index (κ1) is 12.2. The average Bonchev–Trinajstić information content (AvgIpc) is 2.11. The molecule has 0 aliphatic heterocycles. The van der Waals surface area contributed by atoms with Crippen LogP contribution in [-0.2, 0) is 9.47 Å². The lowest BCUT2D eigenvalue weighted by molar-refractivity contribution is 0.0578. The molecule has 0 radical (unpaired) electrons. The summed E-state index contributed by atoms with van der Waals surface area (Å²) >= 11 is 0. The van der Waals surface area contributed by atoms with E-state index >= 15 is 0 Å². The number of hydrogen-bond donors (Lipinski definition) is 1. The Balaban J connectivity index is 3.02. The highest BCUT2D eigenvalue weighted by atomic mass is 16.7. The van der Waals surface area contributed by atoms with Crippen LogP contribution in [0, 0.1) is 0 Å². The monoisotopic (exact) mass is 189 g/mol. The summed E-state index contributed by atoms with van der Waals surface area (Å²) < 4.78 is 9.36. The topological polar surface area (TPSA) is 61.5 Å². The summed E-state index contributed by atoms with van der Waals surface area (Å²) in [5.74, 6) is 0. The Hall–Kier alpha value is -0.770. The van der Waals surface area contributed by atoms with Crippen molar-refractivity contribution in [3.05, 3.63) is 0 Å². The van der Waals surface area contributed by atoms with Gasteiger partial charge in [-0.05, 0) is 26.3 Å². The van der Waals surface area contributed by atoms with Crippen LogP contribution in [0.15, 0.2) is 0 Å². The summed E-state index contributed by atoms with van der Waals surface area (Å²) in [4.78, 5) is 10.7. The number of nitrogens with two attached hydrogens (primary N) is 1. The molecule has 0 heterocycles. The smallest absolute Gasteiger partial charge is 0.435 e. The summed E-state index contributed by atoms with van der Waals surface area (Å²) in [5.41, 5.74) is 5.33. The van der Waals surface area contributed by atoms with Gasteiger partial charge in [0.1, 0.15) is 0 Å². The largest absolute Gasteiger partial charge is 0.508 e. The van der Waals surface area contributed by atoms with Crippen LogP contribution in [0.5, 0.6) is 0 Å². The van der Waals surface area contributed by atoms with E-state index in [9.17, 15) is 4.79 Å². The van der Waals surface area contributed by atoms with Gasteiger partial charge in [0.15, 0.2) is 0 Å². The summed E-state index contributed by atoms with van der Waals surface area (Å²) in [6.07, 6.45) is 3.51. The molecule has 0 aliphatic carbocycles. The molecular weight excluding hydrogens is 170 g/mol. The molecule has 0 amide bonds. The van der Waals surface area contributed by atoms with Crippen LogP contribution in [-0.4, -0.2) is 25.9 Å². The van der Waals surface area contributed by atoms with E-state index in [1.807, 2.05) is 0 Å². The highest BCUT2D eigenvalue weighted by Crippen LogP contribution is 1.99. The number of carbonyl (C=O) groups is 1. The van der Waals surface area contributed by atoms with Gasteiger partial charge >= 0.3 is 6.16 Å². The van der Waals surface area contributed by atoms with Crippen LogP contribution in [0.4, 0.5) is 4.79 Å². The number of ether oxygens (including phenoxy) is 2. The lowest BCUT2D eigenvalue weighted by Crippen LogP contribution is -2.08. The molecule has 0 rings (SSSR count). The van der Waals surface area contributed by atoms with Crippen LogP contribution in [0.25, 0.3) is 0 Å². The van der Waals surface area contributed by atoms with Crippen molar-refractivity contribution in [2.75, 3.05) is 19.8 Å². The molecule has 0 unspecified atom stereocenters. The molecule has 0 aliphatic rings. The quantitative estimate of drug-likeness (QED) is 0.489. The molecule has 0 aromatic rings. The highest BCUT2D eigenvalue weighted by Gasteiger charge is 2.00. The molecular formula is C9H19NO3. The average molecular weight is 189 g/mol. The van der Waals surface area contributed by atoms with Gasteiger partial charge in [-0.3, -0.25) is 0 Å². The molecule has 4 heteroatoms. The molecule has 0 aromatic heterocycles. The standard InChI is InChI=1S/C9H19NO3/c1-2-12-9(11)13-8-6-4-3-5-7-10/h2-8,10H2,1H3. The van der Waals surface area contributed by atoms with Crippen molar-refractivity contribution >= 4 is 6.16 Å². The van der Waals surface area contributed by atoms with Gasteiger partial charge in [0.05, 0.1) is 13.2 Å². The Bertz CT molecular complexity index is 128. The fraction of sp³-hybridized carbons (Fsp3) is 0.889. The van der Waals surface area contributed by atoms with E-state index in [0.717, 1.165) is 32.2 Å². The molecule has 2 N–H and O–H groups in total. The van der Waals surface area contributed by atoms with Crippen molar-refractivity contribution in [2.45, 2.75) is 32.6 Å². The van der Waals surface area contributed by atoms with Crippen molar-refractivity contribution in [3.8, 4) is 0 Å². The van der Waals surface area contributed by atoms with E-state index in [2.05, 4.69) is 4.74 Å². The van der Waals surface area contributed by atoms with Crippen LogP contribution in [0.3, 0.4) is 0 Å². The molecule has 0 atom stereocenters. The SMILES string of the molecule is CCOC(=O)OCCCCCCN. The lowest BCUT2D eigenvalue weighted by atomic mass is 10.2. The number of hydrogen-bond acceptors (Lipinski definition) is 4. The first-order valence-corrected chi connectivity index (χ1v) is 4.81. The second-order valence-electron chi connectivity index (χ2n) is 2.73. The number of carbonyl (C=O) groups excluding carboxylic acids is 1. The maximum Gasteiger partial charge on any atom is 0.508 e. The molecule has 13 heavy (non-hydrogen) atoms. The zero-order chi connectivity index (χ0) is 9.94. The first-order chi connectivity index (χ1) is 6.31. The number of rotatable bonds is 7. The fourth-order valence-corrected chi connectivity index (χ4v) is 0.915. The summed E-state index contributed by atoms with van der Waals surface area (Å²) in [5, 5.41) is 0. The van der Waals surface area contributed by atoms with E-state index < -0.39 is 6.16 Å². The van der Waals surface area contributed by atoms with E-state index in [0.29, 0.717) is 13.2 Å². The van der Waals surface area contributed by atoms with Gasteiger partial charge in [0.2, 0.25) is 0 Å². The van der Waals surface area contributed by atoms with Gasteiger partial charge in [-0.1, -0.05) is 12.8 Å². The minimum atomic E-state index is -0.568. The molecule has 0 spiro atoms. The van der Waals surface area contributed by atoms with Gasteiger partial charge in [0, 0.05) is 0 Å². The fourth-order valence-electron chi connectivity index (χ4n) is 0.915. The molecule has 0 saturated heterocycles. The molecule has 0 bridgehead atoms. The van der Waals surface area contributed by atoms with Gasteiger partial charge in [-0.2, -0.15) is 0 Å². The normalized spacial score (nSPS) is 9.69. The highest BCUT2D eigenvalue weighted by molar-refractivity contribution is 5.59. The Morgan fingerprint density at radius 3 is 2.46 bits per heavy atom. The molecule has 78 valence electrons. The van der Waals surface area contributed by atoms with Crippen LogP contribution in [0.2, 0.25) is 0 Å². The third kappa shape index (κ3) is 9.14. The predicted molar refractivity (Wildman–Crippen MR) is 50.5 cm³/mol. The van der Waals surface area contributed by atoms with Crippen LogP contribution >= 0.6 is 0 Å². The van der Waals surface area contributed by atoms with Gasteiger partial charge in [-0.25, -0.2) is 4.79 Å². The maximum absolute atomic E-state index is 10.7. The molecule has 0 saturated carbocycles. The lowest BCUT2D eigenvalue weighted by Gasteiger charge is -2.03. The van der Waals surface area contributed by atoms with Crippen LogP contribution in [0.1, 0.15) is 32.6 Å². The van der Waals surface area contributed by atoms with Crippen molar-refractivity contribution in [2.24, 2.45) is 5.73 Å². The van der Waals surface area contributed by atoms with Gasteiger partial charge in [-0.15, -0.1) is 0 Å². The molecule has 0 fully saturated rings. The summed E-state index contributed by atoms with van der Waals surface area (Å²) in [6, 6.07) is 0. The number of unbranched alkanes of at least 4 members (excludes halogenated alkanes) is 3. The maximum atomic E-state index is 10.7. The minimum absolute atomic E-state index is 0.367. The van der Waals surface area contributed by atoms with E-state index in [-0.39, 0.29) is 0 Å². The Labute approximate surface area is 79.4 Å². The third-order valence-corrected chi connectivity index (χ3v) is 1.58. The van der Waals surface area contributed by atoms with E-state index in [4.69, 9.17) is 10.5 Å². The summed E-state index contributed by atoms with van der Waals surface area (Å²) in [7, 11) is 0. The van der Waals surface area contributed by atoms with Gasteiger partial charge in [0.25, 0.3) is 0 Å². The zero-order valence-electron chi connectivity index (χ0n) is 8.25. The van der Waals surface area contributed by atoms with E-state index in [1.165, 1.54) is 0 Å². The molecule has 4 nitrogen and oxygen atoms in total.